The predicted octanol–water partition coefficient (Wildman–Crippen LogP) is 8.09. The Balaban J connectivity index is 1.94. The molecule has 4 aromatic rings. The van der Waals surface area contributed by atoms with E-state index in [1.165, 1.54) is 0 Å². The molecule has 0 amide bonds. The second kappa shape index (κ2) is 8.69. The molecule has 0 aliphatic rings. The Morgan fingerprint density at radius 2 is 0.733 bits per heavy atom. The minimum absolute atomic E-state index is 0.659. The van der Waals surface area contributed by atoms with Crippen LogP contribution in [0.5, 0.6) is 0 Å². The van der Waals surface area contributed by atoms with E-state index in [-0.39, 0.29) is 0 Å². The molecule has 0 radical (unpaired) electrons. The maximum atomic E-state index is 4.82. The van der Waals surface area contributed by atoms with Crippen LogP contribution < -0.4 is 0 Å². The molecular weight excluding hydrogens is 570 g/mol. The average Bonchev–Trinajstić information content (AvgIpc) is 2.73. The summed E-state index contributed by atoms with van der Waals surface area (Å²) in [4.78, 5) is 14.5. The summed E-state index contributed by atoms with van der Waals surface area (Å²) >= 11 is 10.7. The van der Waals surface area contributed by atoms with E-state index in [2.05, 4.69) is 86.8 Å². The van der Waals surface area contributed by atoms with E-state index in [0.29, 0.717) is 17.5 Å². The van der Waals surface area contributed by atoms with Crippen LogP contribution in [0.2, 0.25) is 0 Å². The molecule has 1 aromatic heterocycles. The van der Waals surface area contributed by atoms with Gasteiger partial charge in [-0.05, 0) is 73.9 Å². The third kappa shape index (κ3) is 4.41. The van der Waals surface area contributed by atoms with Crippen molar-refractivity contribution in [3.8, 4) is 34.2 Å². The number of hydrogen-bond acceptors (Lipinski definition) is 3. The van der Waals surface area contributed by atoms with Gasteiger partial charge in [-0.15, -0.1) is 0 Å². The SMILES string of the molecule is Cc1cc(-c2nc(-c3ccc(Br)c(C)c3)nc(-c3ccc(Br)c(C)c3)n2)ccc1Br. The largest absolute Gasteiger partial charge is 0.208 e. The first-order valence-corrected chi connectivity index (χ1v) is 11.8. The zero-order valence-corrected chi connectivity index (χ0v) is 21.4. The van der Waals surface area contributed by atoms with Crippen LogP contribution in [0.15, 0.2) is 68.0 Å². The van der Waals surface area contributed by atoms with Crippen molar-refractivity contribution in [3.05, 3.63) is 84.7 Å². The van der Waals surface area contributed by atoms with Crippen LogP contribution in [-0.2, 0) is 0 Å². The molecule has 0 spiro atoms. The van der Waals surface area contributed by atoms with E-state index in [1.54, 1.807) is 0 Å². The van der Waals surface area contributed by atoms with Crippen LogP contribution in [0.1, 0.15) is 16.7 Å². The first-order chi connectivity index (χ1) is 14.3. The topological polar surface area (TPSA) is 38.7 Å². The van der Waals surface area contributed by atoms with Crippen LogP contribution in [0.3, 0.4) is 0 Å². The Kier molecular flexibility index (Phi) is 6.19. The molecule has 0 N–H and O–H groups in total. The van der Waals surface area contributed by atoms with Gasteiger partial charge in [-0.3, -0.25) is 0 Å². The van der Waals surface area contributed by atoms with Gasteiger partial charge in [0, 0.05) is 30.1 Å². The Morgan fingerprint density at radius 1 is 0.467 bits per heavy atom. The zero-order chi connectivity index (χ0) is 21.4. The summed E-state index contributed by atoms with van der Waals surface area (Å²) in [5.41, 5.74) is 6.29. The van der Waals surface area contributed by atoms with Gasteiger partial charge in [-0.2, -0.15) is 0 Å². The highest BCUT2D eigenvalue weighted by Gasteiger charge is 2.14. The molecule has 1 heterocycles. The second-order valence-corrected chi connectivity index (χ2v) is 9.76. The molecule has 150 valence electrons. The van der Waals surface area contributed by atoms with E-state index in [1.807, 2.05) is 36.4 Å². The standard InChI is InChI=1S/C24H18Br3N3/c1-13-10-16(4-7-19(13)25)22-28-23(17-5-8-20(26)14(2)11-17)30-24(29-22)18-6-9-21(27)15(3)12-18/h4-12H,1-3H3. The molecule has 3 nitrogen and oxygen atoms in total. The van der Waals surface area contributed by atoms with Crippen molar-refractivity contribution < 1.29 is 0 Å². The smallest absolute Gasteiger partial charge is 0.164 e. The van der Waals surface area contributed by atoms with E-state index < -0.39 is 0 Å². The molecule has 30 heavy (non-hydrogen) atoms. The lowest BCUT2D eigenvalue weighted by molar-refractivity contribution is 1.07. The number of aryl methyl sites for hydroxylation is 3. The normalized spacial score (nSPS) is 11.0. The fourth-order valence-electron chi connectivity index (χ4n) is 3.11. The minimum atomic E-state index is 0.659. The molecule has 6 heteroatoms. The second-order valence-electron chi connectivity index (χ2n) is 7.20. The summed E-state index contributed by atoms with van der Waals surface area (Å²) in [6.07, 6.45) is 0. The van der Waals surface area contributed by atoms with Crippen molar-refractivity contribution in [3.63, 3.8) is 0 Å². The van der Waals surface area contributed by atoms with Crippen LogP contribution >= 0.6 is 47.8 Å². The molecule has 0 bridgehead atoms. The number of halogens is 3. The predicted molar refractivity (Wildman–Crippen MR) is 133 cm³/mol. The van der Waals surface area contributed by atoms with Gasteiger partial charge in [0.05, 0.1) is 0 Å². The van der Waals surface area contributed by atoms with Crippen LogP contribution in [-0.4, -0.2) is 15.0 Å². The lowest BCUT2D eigenvalue weighted by atomic mass is 10.1. The first-order valence-electron chi connectivity index (χ1n) is 9.37. The average molecular weight is 588 g/mol. The summed E-state index contributed by atoms with van der Waals surface area (Å²) in [5, 5.41) is 0. The number of aromatic nitrogens is 3. The fourth-order valence-corrected chi connectivity index (χ4v) is 3.85. The van der Waals surface area contributed by atoms with Crippen molar-refractivity contribution >= 4 is 47.8 Å². The maximum Gasteiger partial charge on any atom is 0.164 e. The molecule has 0 unspecified atom stereocenters. The van der Waals surface area contributed by atoms with Crippen LogP contribution in [0, 0.1) is 20.8 Å². The van der Waals surface area contributed by atoms with E-state index in [9.17, 15) is 0 Å². The van der Waals surface area contributed by atoms with Crippen molar-refractivity contribution in [2.75, 3.05) is 0 Å². The lowest BCUT2D eigenvalue weighted by Gasteiger charge is -2.11. The van der Waals surface area contributed by atoms with Crippen molar-refractivity contribution in [1.82, 2.24) is 15.0 Å². The molecule has 0 aliphatic carbocycles. The van der Waals surface area contributed by atoms with E-state index in [0.717, 1.165) is 46.8 Å². The Labute approximate surface area is 201 Å². The highest BCUT2D eigenvalue weighted by atomic mass is 79.9. The van der Waals surface area contributed by atoms with Crippen LogP contribution in [0.4, 0.5) is 0 Å². The molecule has 0 fully saturated rings. The van der Waals surface area contributed by atoms with Gasteiger partial charge in [-0.1, -0.05) is 66.0 Å². The number of rotatable bonds is 3. The van der Waals surface area contributed by atoms with Crippen molar-refractivity contribution in [2.24, 2.45) is 0 Å². The van der Waals surface area contributed by atoms with E-state index in [4.69, 9.17) is 15.0 Å². The molecule has 4 rings (SSSR count). The van der Waals surface area contributed by atoms with Gasteiger partial charge in [0.2, 0.25) is 0 Å². The summed E-state index contributed by atoms with van der Waals surface area (Å²) in [6, 6.07) is 18.4. The molecular formula is C24H18Br3N3. The van der Waals surface area contributed by atoms with E-state index >= 15 is 0 Å². The molecule has 0 saturated carbocycles. The first kappa shape index (κ1) is 21.3. The molecule has 0 saturated heterocycles. The van der Waals surface area contributed by atoms with Gasteiger partial charge in [0.25, 0.3) is 0 Å². The molecule has 3 aromatic carbocycles. The summed E-state index contributed by atoms with van der Waals surface area (Å²) in [7, 11) is 0. The Morgan fingerprint density at radius 3 is 0.967 bits per heavy atom. The molecule has 0 aliphatic heterocycles. The third-order valence-corrected chi connectivity index (χ3v) is 7.55. The summed E-state index contributed by atoms with van der Waals surface area (Å²) < 4.78 is 3.19. The van der Waals surface area contributed by atoms with Gasteiger partial charge in [0.15, 0.2) is 17.5 Å². The highest BCUT2D eigenvalue weighted by Crippen LogP contribution is 2.30. The van der Waals surface area contributed by atoms with Crippen LogP contribution in [0.25, 0.3) is 34.2 Å². The Hall–Kier alpha value is -1.89. The third-order valence-electron chi connectivity index (χ3n) is 4.88. The van der Waals surface area contributed by atoms with Gasteiger partial charge in [-0.25, -0.2) is 15.0 Å². The Bertz CT molecular complexity index is 1100. The maximum absolute atomic E-state index is 4.82. The van der Waals surface area contributed by atoms with Crippen molar-refractivity contribution in [2.45, 2.75) is 20.8 Å². The van der Waals surface area contributed by atoms with Gasteiger partial charge < -0.3 is 0 Å². The molecule has 0 atom stereocenters. The van der Waals surface area contributed by atoms with Gasteiger partial charge >= 0.3 is 0 Å². The monoisotopic (exact) mass is 585 g/mol. The summed E-state index contributed by atoms with van der Waals surface area (Å²) in [5.74, 6) is 1.98. The minimum Gasteiger partial charge on any atom is -0.208 e. The fraction of sp³-hybridized carbons (Fsp3) is 0.125. The number of nitrogens with zero attached hydrogens (tertiary/aromatic N) is 3. The number of benzene rings is 3. The zero-order valence-electron chi connectivity index (χ0n) is 16.7. The lowest BCUT2D eigenvalue weighted by Crippen LogP contribution is -2.01. The van der Waals surface area contributed by atoms with Crippen molar-refractivity contribution in [1.29, 1.82) is 0 Å². The highest BCUT2D eigenvalue weighted by molar-refractivity contribution is 9.11. The van der Waals surface area contributed by atoms with Gasteiger partial charge in [0.1, 0.15) is 0 Å². The quantitative estimate of drug-likeness (QED) is 0.243. The number of hydrogen-bond donors (Lipinski definition) is 0. The summed E-state index contributed by atoms with van der Waals surface area (Å²) in [6.45, 7) is 6.19.